The van der Waals surface area contributed by atoms with Gasteiger partial charge in [0.2, 0.25) is 5.91 Å². The third-order valence-corrected chi connectivity index (χ3v) is 7.31. The van der Waals surface area contributed by atoms with E-state index in [4.69, 9.17) is 0 Å². The molecule has 0 saturated heterocycles. The molecule has 3 N–H and O–H groups in total. The molecule has 0 saturated carbocycles. The molecule has 0 aliphatic carbocycles. The minimum Gasteiger partial charge on any atom is -0.480 e. The van der Waals surface area contributed by atoms with E-state index in [-0.39, 0.29) is 6.42 Å². The van der Waals surface area contributed by atoms with E-state index in [9.17, 15) is 24.6 Å². The summed E-state index contributed by atoms with van der Waals surface area (Å²) in [5, 5.41) is 22.2. The number of anilines is 1. The van der Waals surface area contributed by atoms with Gasteiger partial charge in [0.05, 0.1) is 10.9 Å². The van der Waals surface area contributed by atoms with Crippen molar-refractivity contribution in [1.82, 2.24) is 5.32 Å². The summed E-state index contributed by atoms with van der Waals surface area (Å²) in [5.74, 6) is -2.67. The highest BCUT2D eigenvalue weighted by Gasteiger charge is 2.41. The average Bonchev–Trinajstić information content (AvgIpc) is 2.97. The van der Waals surface area contributed by atoms with Crippen LogP contribution in [0.25, 0.3) is 0 Å². The fourth-order valence-electron chi connectivity index (χ4n) is 4.21. The average molecular weight is 491 g/mol. The van der Waals surface area contributed by atoms with Crippen molar-refractivity contribution < 1.29 is 24.6 Å². The monoisotopic (exact) mass is 490 g/mol. The molecule has 180 valence electrons. The Hall–Kier alpha value is -3.62. The van der Waals surface area contributed by atoms with Gasteiger partial charge in [0, 0.05) is 4.90 Å². The zero-order valence-electron chi connectivity index (χ0n) is 18.9. The topological polar surface area (TPSA) is 107 Å². The summed E-state index contributed by atoms with van der Waals surface area (Å²) in [6.45, 7) is -0.516. The maximum atomic E-state index is 13.9. The summed E-state index contributed by atoms with van der Waals surface area (Å²) >= 11 is 1.43. The second-order valence-electron chi connectivity index (χ2n) is 8.29. The van der Waals surface area contributed by atoms with Crippen molar-refractivity contribution in [2.45, 2.75) is 35.1 Å². The van der Waals surface area contributed by atoms with Gasteiger partial charge in [-0.1, -0.05) is 72.8 Å². The van der Waals surface area contributed by atoms with Crippen LogP contribution in [0.3, 0.4) is 0 Å². The molecule has 1 heterocycles. The molecule has 0 radical (unpaired) electrons. The Bertz CT molecular complexity index is 1190. The van der Waals surface area contributed by atoms with Crippen LogP contribution in [0.15, 0.2) is 89.8 Å². The lowest BCUT2D eigenvalue weighted by atomic mass is 10.00. The smallest absolute Gasteiger partial charge is 0.323 e. The highest BCUT2D eigenvalue weighted by molar-refractivity contribution is 7.99. The van der Waals surface area contributed by atoms with Crippen molar-refractivity contribution in [1.29, 1.82) is 0 Å². The molecule has 3 aromatic rings. The number of para-hydroxylation sites is 1. The number of aryl methyl sites for hydroxylation is 1. The van der Waals surface area contributed by atoms with Crippen LogP contribution in [0.5, 0.6) is 0 Å². The molecule has 1 amide bonds. The predicted molar refractivity (Wildman–Crippen MR) is 135 cm³/mol. The van der Waals surface area contributed by atoms with Gasteiger partial charge in [-0.15, -0.1) is 11.8 Å². The molecule has 8 heteroatoms. The predicted octanol–water partition coefficient (Wildman–Crippen LogP) is 4.00. The van der Waals surface area contributed by atoms with E-state index in [1.807, 2.05) is 72.8 Å². The van der Waals surface area contributed by atoms with Gasteiger partial charge in [0.25, 0.3) is 0 Å². The SMILES string of the molecule is O=C(O)CN1C(=O)C(NC(CCc2ccccc2)C(=O)O)C(c2ccccc2)Sc2ccccc21. The Morgan fingerprint density at radius 3 is 2.20 bits per heavy atom. The summed E-state index contributed by atoms with van der Waals surface area (Å²) in [6.07, 6.45) is 0.801. The van der Waals surface area contributed by atoms with Gasteiger partial charge in [-0.2, -0.15) is 0 Å². The Balaban J connectivity index is 1.71. The van der Waals surface area contributed by atoms with Crippen molar-refractivity contribution in [3.8, 4) is 0 Å². The first kappa shape index (κ1) is 24.5. The number of carbonyl (C=O) groups excluding carboxylic acids is 1. The lowest BCUT2D eigenvalue weighted by Crippen LogP contribution is -2.54. The quantitative estimate of drug-likeness (QED) is 0.416. The van der Waals surface area contributed by atoms with Crippen LogP contribution in [0.2, 0.25) is 0 Å². The second kappa shape index (κ2) is 11.2. The number of amides is 1. The van der Waals surface area contributed by atoms with Crippen molar-refractivity contribution in [3.63, 3.8) is 0 Å². The molecule has 3 atom stereocenters. The minimum atomic E-state index is -1.14. The molecule has 3 unspecified atom stereocenters. The maximum absolute atomic E-state index is 13.9. The summed E-state index contributed by atoms with van der Waals surface area (Å²) in [5.41, 5.74) is 2.36. The summed E-state index contributed by atoms with van der Waals surface area (Å²) in [7, 11) is 0. The van der Waals surface area contributed by atoms with Crippen molar-refractivity contribution >= 4 is 35.3 Å². The first-order valence-corrected chi connectivity index (χ1v) is 12.2. The Labute approximate surface area is 207 Å². The molecule has 7 nitrogen and oxygen atoms in total. The van der Waals surface area contributed by atoms with Crippen LogP contribution in [-0.4, -0.2) is 46.7 Å². The number of hydrogen-bond acceptors (Lipinski definition) is 5. The lowest BCUT2D eigenvalue weighted by molar-refractivity contribution is -0.140. The van der Waals surface area contributed by atoms with Crippen LogP contribution in [0.1, 0.15) is 22.8 Å². The van der Waals surface area contributed by atoms with Crippen LogP contribution in [-0.2, 0) is 20.8 Å². The van der Waals surface area contributed by atoms with Gasteiger partial charge in [-0.3, -0.25) is 24.6 Å². The maximum Gasteiger partial charge on any atom is 0.323 e. The number of hydrogen-bond donors (Lipinski definition) is 3. The van der Waals surface area contributed by atoms with Gasteiger partial charge >= 0.3 is 11.9 Å². The fourth-order valence-corrected chi connectivity index (χ4v) is 5.57. The van der Waals surface area contributed by atoms with Gasteiger partial charge in [-0.25, -0.2) is 0 Å². The number of thioether (sulfide) groups is 1. The number of nitrogens with one attached hydrogen (secondary N) is 1. The minimum absolute atomic E-state index is 0.279. The first-order valence-electron chi connectivity index (χ1n) is 11.3. The standard InChI is InChI=1S/C27H26N2O5S/c30-23(31)17-29-21-13-7-8-14-22(21)35-25(19-11-5-2-6-12-19)24(26(29)32)28-20(27(33)34)16-15-18-9-3-1-4-10-18/h1-14,20,24-25,28H,15-17H2,(H,30,31)(H,33,34). The van der Waals surface area contributed by atoms with Crippen molar-refractivity contribution in [2.24, 2.45) is 0 Å². The molecule has 1 aliphatic rings. The molecule has 0 spiro atoms. The number of carboxylic acid groups (broad SMARTS) is 2. The fraction of sp³-hybridized carbons (Fsp3) is 0.222. The summed E-state index contributed by atoms with van der Waals surface area (Å²) in [6, 6.07) is 24.2. The summed E-state index contributed by atoms with van der Waals surface area (Å²) in [4.78, 5) is 39.7. The molecule has 0 fully saturated rings. The molecule has 0 bridgehead atoms. The third kappa shape index (κ3) is 5.90. The first-order chi connectivity index (χ1) is 16.9. The van der Waals surface area contributed by atoms with E-state index in [0.717, 1.165) is 16.0 Å². The molecule has 4 rings (SSSR count). The zero-order chi connectivity index (χ0) is 24.8. The highest BCUT2D eigenvalue weighted by Crippen LogP contribution is 2.45. The number of nitrogens with zero attached hydrogens (tertiary/aromatic N) is 1. The molecule has 1 aliphatic heterocycles. The molecule has 3 aromatic carbocycles. The Kier molecular flexibility index (Phi) is 7.84. The van der Waals surface area contributed by atoms with E-state index < -0.39 is 41.7 Å². The Morgan fingerprint density at radius 1 is 0.914 bits per heavy atom. The van der Waals surface area contributed by atoms with Gasteiger partial charge in [0.1, 0.15) is 18.6 Å². The zero-order valence-corrected chi connectivity index (χ0v) is 19.7. The number of carboxylic acids is 2. The van der Waals surface area contributed by atoms with Gasteiger partial charge < -0.3 is 10.2 Å². The molecular weight excluding hydrogens is 464 g/mol. The highest BCUT2D eigenvalue weighted by atomic mass is 32.2. The van der Waals surface area contributed by atoms with E-state index in [2.05, 4.69) is 5.32 Å². The van der Waals surface area contributed by atoms with Crippen molar-refractivity contribution in [2.75, 3.05) is 11.4 Å². The normalized spacial score (nSPS) is 18.4. The number of fused-ring (bicyclic) bond motifs is 1. The van der Waals surface area contributed by atoms with E-state index in [1.54, 1.807) is 12.1 Å². The molecular formula is C27H26N2O5S. The number of rotatable bonds is 9. The van der Waals surface area contributed by atoms with Gasteiger partial charge in [-0.05, 0) is 36.1 Å². The van der Waals surface area contributed by atoms with Crippen LogP contribution < -0.4 is 10.2 Å². The van der Waals surface area contributed by atoms with E-state index >= 15 is 0 Å². The van der Waals surface area contributed by atoms with Crippen LogP contribution in [0.4, 0.5) is 5.69 Å². The number of aliphatic carboxylic acids is 2. The van der Waals surface area contributed by atoms with Gasteiger partial charge in [0.15, 0.2) is 0 Å². The molecule has 0 aromatic heterocycles. The largest absolute Gasteiger partial charge is 0.480 e. The number of benzene rings is 3. The Morgan fingerprint density at radius 2 is 1.54 bits per heavy atom. The summed E-state index contributed by atoms with van der Waals surface area (Å²) < 4.78 is 0. The molecule has 35 heavy (non-hydrogen) atoms. The van der Waals surface area contributed by atoms with Crippen LogP contribution >= 0.6 is 11.8 Å². The van der Waals surface area contributed by atoms with Crippen LogP contribution in [0, 0.1) is 0 Å². The second-order valence-corrected chi connectivity index (χ2v) is 9.48. The number of carbonyl (C=O) groups is 3. The van der Waals surface area contributed by atoms with E-state index in [0.29, 0.717) is 12.1 Å². The lowest BCUT2D eigenvalue weighted by Gasteiger charge is -2.30. The van der Waals surface area contributed by atoms with Crippen molar-refractivity contribution in [3.05, 3.63) is 96.1 Å². The third-order valence-electron chi connectivity index (χ3n) is 5.91. The van der Waals surface area contributed by atoms with E-state index in [1.165, 1.54) is 16.7 Å².